The molecule has 28 heavy (non-hydrogen) atoms. The highest BCUT2D eigenvalue weighted by atomic mass is 19.4. The number of hydrogen-bond donors (Lipinski definition) is 1. The van der Waals surface area contributed by atoms with Crippen LogP contribution >= 0.6 is 0 Å². The summed E-state index contributed by atoms with van der Waals surface area (Å²) in [7, 11) is 0. The molecule has 0 amide bonds. The Morgan fingerprint density at radius 3 is 0.964 bits per heavy atom. The Labute approximate surface area is 144 Å². The molecule has 0 unspecified atom stereocenters. The number of rotatable bonds is 2. The SMILES string of the molecule is FC(F)(F)c1cc(NC(C(F)(F)F)(C(F)(F)F)C(F)(F)F)cc(C(F)(F)F)c1. The third-order valence-corrected chi connectivity index (χ3v) is 3.20. The van der Waals surface area contributed by atoms with E-state index in [2.05, 4.69) is 0 Å². The molecular formula is C12H4F15N. The molecule has 0 saturated carbocycles. The molecule has 0 aliphatic heterocycles. The summed E-state index contributed by atoms with van der Waals surface area (Å²) in [5.74, 6) is 0. The van der Waals surface area contributed by atoms with Crippen LogP contribution in [0.1, 0.15) is 11.1 Å². The molecular weight excluding hydrogens is 443 g/mol. The normalized spacial score (nSPS) is 15.0. The van der Waals surface area contributed by atoms with Gasteiger partial charge in [-0.15, -0.1) is 0 Å². The van der Waals surface area contributed by atoms with Gasteiger partial charge in [0.2, 0.25) is 0 Å². The van der Waals surface area contributed by atoms with Gasteiger partial charge in [0.15, 0.2) is 0 Å². The Balaban J connectivity index is 3.82. The van der Waals surface area contributed by atoms with Crippen molar-refractivity contribution in [3.63, 3.8) is 0 Å². The Bertz CT molecular complexity index is 632. The molecule has 1 N–H and O–H groups in total. The van der Waals surface area contributed by atoms with Crippen molar-refractivity contribution in [3.05, 3.63) is 29.3 Å². The highest BCUT2D eigenvalue weighted by Gasteiger charge is 2.84. The first-order valence-electron chi connectivity index (χ1n) is 6.32. The van der Waals surface area contributed by atoms with Crippen molar-refractivity contribution in [2.45, 2.75) is 36.4 Å². The quantitative estimate of drug-likeness (QED) is 0.507. The van der Waals surface area contributed by atoms with Crippen LogP contribution in [-0.2, 0) is 12.4 Å². The first-order chi connectivity index (χ1) is 12.0. The highest BCUT2D eigenvalue weighted by Crippen LogP contribution is 2.54. The fraction of sp³-hybridized carbons (Fsp3) is 0.500. The van der Waals surface area contributed by atoms with Gasteiger partial charge in [0.25, 0.3) is 0 Å². The van der Waals surface area contributed by atoms with Crippen LogP contribution in [0.5, 0.6) is 0 Å². The average Bonchev–Trinajstić information content (AvgIpc) is 2.38. The fourth-order valence-corrected chi connectivity index (χ4v) is 1.94. The van der Waals surface area contributed by atoms with Crippen molar-refractivity contribution >= 4 is 5.69 Å². The van der Waals surface area contributed by atoms with Gasteiger partial charge in [-0.1, -0.05) is 0 Å². The lowest BCUT2D eigenvalue weighted by molar-refractivity contribution is -0.370. The van der Waals surface area contributed by atoms with Crippen LogP contribution in [0.3, 0.4) is 0 Å². The van der Waals surface area contributed by atoms with Gasteiger partial charge in [0, 0.05) is 5.69 Å². The largest absolute Gasteiger partial charge is 0.429 e. The van der Waals surface area contributed by atoms with E-state index < -0.39 is 71.4 Å². The molecule has 0 atom stereocenters. The second kappa shape index (κ2) is 6.50. The molecule has 0 aromatic heterocycles. The Kier molecular flexibility index (Phi) is 5.58. The van der Waals surface area contributed by atoms with Gasteiger partial charge in [0.05, 0.1) is 11.1 Å². The van der Waals surface area contributed by atoms with E-state index in [1.807, 2.05) is 0 Å². The average molecular weight is 447 g/mol. The molecule has 0 aliphatic rings. The minimum Gasteiger partial charge on any atom is -0.357 e. The molecule has 1 aromatic carbocycles. The van der Waals surface area contributed by atoms with Crippen molar-refractivity contribution in [1.29, 1.82) is 0 Å². The molecule has 1 aromatic rings. The maximum Gasteiger partial charge on any atom is 0.429 e. The van der Waals surface area contributed by atoms with Gasteiger partial charge < -0.3 is 5.32 Å². The summed E-state index contributed by atoms with van der Waals surface area (Å²) in [6.07, 6.45) is -33.2. The number of anilines is 1. The van der Waals surface area contributed by atoms with E-state index >= 15 is 0 Å². The summed E-state index contributed by atoms with van der Waals surface area (Å²) in [6.45, 7) is 0. The van der Waals surface area contributed by atoms with E-state index in [1.54, 1.807) is 0 Å². The minimum absolute atomic E-state index is 0.238. The molecule has 0 radical (unpaired) electrons. The zero-order chi connectivity index (χ0) is 22.6. The number of hydrogen-bond acceptors (Lipinski definition) is 1. The van der Waals surface area contributed by atoms with Crippen LogP contribution in [0.2, 0.25) is 0 Å². The minimum atomic E-state index is -7.24. The lowest BCUT2D eigenvalue weighted by atomic mass is 9.95. The molecule has 0 fully saturated rings. The summed E-state index contributed by atoms with van der Waals surface area (Å²) in [5.41, 5.74) is -14.0. The summed E-state index contributed by atoms with van der Waals surface area (Å²) in [6, 6.07) is -2.18. The van der Waals surface area contributed by atoms with Crippen molar-refractivity contribution in [2.75, 3.05) is 5.32 Å². The van der Waals surface area contributed by atoms with Crippen LogP contribution in [0.4, 0.5) is 71.5 Å². The molecule has 16 heteroatoms. The van der Waals surface area contributed by atoms with Crippen molar-refractivity contribution in [3.8, 4) is 0 Å². The Morgan fingerprint density at radius 2 is 0.750 bits per heavy atom. The monoisotopic (exact) mass is 447 g/mol. The topological polar surface area (TPSA) is 12.0 Å². The Morgan fingerprint density at radius 1 is 0.464 bits per heavy atom. The molecule has 0 heterocycles. The van der Waals surface area contributed by atoms with Crippen molar-refractivity contribution in [2.24, 2.45) is 0 Å². The third kappa shape index (κ3) is 4.34. The van der Waals surface area contributed by atoms with Gasteiger partial charge >= 0.3 is 36.4 Å². The third-order valence-electron chi connectivity index (χ3n) is 3.20. The molecule has 1 rings (SSSR count). The first kappa shape index (κ1) is 24.0. The smallest absolute Gasteiger partial charge is 0.357 e. The van der Waals surface area contributed by atoms with Crippen LogP contribution in [0.25, 0.3) is 0 Å². The van der Waals surface area contributed by atoms with Gasteiger partial charge in [-0.05, 0) is 18.2 Å². The molecule has 0 bridgehead atoms. The first-order valence-corrected chi connectivity index (χ1v) is 6.32. The Hall–Kier alpha value is -2.03. The molecule has 162 valence electrons. The van der Waals surface area contributed by atoms with Crippen LogP contribution in [0, 0.1) is 0 Å². The molecule has 0 spiro atoms. The lowest BCUT2D eigenvalue weighted by Gasteiger charge is -2.39. The van der Waals surface area contributed by atoms with Crippen molar-refractivity contribution < 1.29 is 65.9 Å². The van der Waals surface area contributed by atoms with Crippen LogP contribution < -0.4 is 5.32 Å². The van der Waals surface area contributed by atoms with E-state index in [0.717, 1.165) is 0 Å². The number of halogens is 15. The van der Waals surface area contributed by atoms with E-state index in [4.69, 9.17) is 0 Å². The van der Waals surface area contributed by atoms with E-state index in [9.17, 15) is 65.9 Å². The van der Waals surface area contributed by atoms with E-state index in [-0.39, 0.29) is 5.32 Å². The number of benzene rings is 1. The van der Waals surface area contributed by atoms with E-state index in [1.165, 1.54) is 0 Å². The van der Waals surface area contributed by atoms with Crippen LogP contribution in [0.15, 0.2) is 18.2 Å². The number of nitrogens with one attached hydrogen (secondary N) is 1. The maximum absolute atomic E-state index is 12.8. The van der Waals surface area contributed by atoms with Gasteiger partial charge in [-0.25, -0.2) is 0 Å². The summed E-state index contributed by atoms with van der Waals surface area (Å²) >= 11 is 0. The fourth-order valence-electron chi connectivity index (χ4n) is 1.94. The molecule has 0 aliphatic carbocycles. The summed E-state index contributed by atoms with van der Waals surface area (Å²) < 4.78 is 191. The van der Waals surface area contributed by atoms with Gasteiger partial charge in [-0.2, -0.15) is 65.9 Å². The highest BCUT2D eigenvalue weighted by molar-refractivity contribution is 5.53. The van der Waals surface area contributed by atoms with E-state index in [0.29, 0.717) is 0 Å². The predicted molar refractivity (Wildman–Crippen MR) is 61.0 cm³/mol. The lowest BCUT2D eigenvalue weighted by Crippen LogP contribution is -2.70. The standard InChI is InChI=1S/C12H4F15N/c13-7(14,15)4-1-5(8(16,17)18)3-6(2-4)28-9(10(19,20)21,11(22,23)24)12(25,26)27/h1-3,28H. The maximum atomic E-state index is 12.8. The second-order valence-electron chi connectivity index (χ2n) is 5.16. The van der Waals surface area contributed by atoms with Gasteiger partial charge in [-0.3, -0.25) is 0 Å². The number of alkyl halides is 15. The zero-order valence-corrected chi connectivity index (χ0v) is 12.4. The van der Waals surface area contributed by atoms with Crippen LogP contribution in [-0.4, -0.2) is 24.1 Å². The zero-order valence-electron chi connectivity index (χ0n) is 12.4. The summed E-state index contributed by atoms with van der Waals surface area (Å²) in [4.78, 5) is 0. The second-order valence-corrected chi connectivity index (χ2v) is 5.16. The van der Waals surface area contributed by atoms with Crippen molar-refractivity contribution in [1.82, 2.24) is 0 Å². The predicted octanol–water partition coefficient (Wildman–Crippen LogP) is 6.56. The molecule has 0 saturated heterocycles. The summed E-state index contributed by atoms with van der Waals surface area (Å²) in [5, 5.41) is -0.238. The van der Waals surface area contributed by atoms with Gasteiger partial charge in [0.1, 0.15) is 0 Å². The molecule has 1 nitrogen and oxygen atoms in total.